The molecule has 1 amide bonds. The van der Waals surface area contributed by atoms with Crippen molar-refractivity contribution in [2.75, 3.05) is 13.9 Å². The Hall–Kier alpha value is -2.69. The normalized spacial score (nSPS) is 12.1. The highest BCUT2D eigenvalue weighted by molar-refractivity contribution is 5.78. The molecule has 0 bridgehead atoms. The molecule has 5 nitrogen and oxygen atoms in total. The van der Waals surface area contributed by atoms with Crippen molar-refractivity contribution in [2.45, 2.75) is 19.9 Å². The topological polar surface area (TPSA) is 56.8 Å². The molecule has 1 aliphatic heterocycles. The SMILES string of the molecule is CCC(=O)NCc1ccccc1-c1cc2c(cc1OC)OCO2. The number of ether oxygens (including phenoxy) is 3. The number of carbonyl (C=O) groups excluding carboxylic acids is 1. The van der Waals surface area contributed by atoms with Crippen molar-refractivity contribution in [3.05, 3.63) is 42.0 Å². The lowest BCUT2D eigenvalue weighted by atomic mass is 9.98. The first-order chi connectivity index (χ1) is 11.2. The summed E-state index contributed by atoms with van der Waals surface area (Å²) in [7, 11) is 1.63. The van der Waals surface area contributed by atoms with Crippen LogP contribution in [0.3, 0.4) is 0 Å². The van der Waals surface area contributed by atoms with Gasteiger partial charge in [-0.25, -0.2) is 0 Å². The summed E-state index contributed by atoms with van der Waals surface area (Å²) in [6.45, 7) is 2.53. The number of hydrogen-bond donors (Lipinski definition) is 1. The van der Waals surface area contributed by atoms with Crippen LogP contribution in [0.4, 0.5) is 0 Å². The van der Waals surface area contributed by atoms with Gasteiger partial charge in [0.1, 0.15) is 5.75 Å². The molecular formula is C18H19NO4. The van der Waals surface area contributed by atoms with E-state index in [1.54, 1.807) is 7.11 Å². The van der Waals surface area contributed by atoms with E-state index in [9.17, 15) is 4.79 Å². The number of benzene rings is 2. The minimum atomic E-state index is 0.0254. The van der Waals surface area contributed by atoms with Gasteiger partial charge in [-0.1, -0.05) is 31.2 Å². The lowest BCUT2D eigenvalue weighted by Gasteiger charge is -2.14. The monoisotopic (exact) mass is 313 g/mol. The number of carbonyl (C=O) groups is 1. The predicted octanol–water partition coefficient (Wildman–Crippen LogP) is 3.12. The summed E-state index contributed by atoms with van der Waals surface area (Å²) in [5.41, 5.74) is 2.93. The third-order valence-electron chi connectivity index (χ3n) is 3.80. The largest absolute Gasteiger partial charge is 0.496 e. The first kappa shape index (κ1) is 15.2. The maximum Gasteiger partial charge on any atom is 0.231 e. The van der Waals surface area contributed by atoms with Gasteiger partial charge >= 0.3 is 0 Å². The van der Waals surface area contributed by atoms with Crippen LogP contribution in [0.5, 0.6) is 17.2 Å². The number of rotatable bonds is 5. The summed E-state index contributed by atoms with van der Waals surface area (Å²) in [4.78, 5) is 11.5. The van der Waals surface area contributed by atoms with E-state index < -0.39 is 0 Å². The van der Waals surface area contributed by atoms with E-state index in [0.717, 1.165) is 16.7 Å². The summed E-state index contributed by atoms with van der Waals surface area (Å²) >= 11 is 0. The van der Waals surface area contributed by atoms with Gasteiger partial charge in [-0.05, 0) is 17.2 Å². The molecule has 0 saturated carbocycles. The molecule has 0 aliphatic carbocycles. The Morgan fingerprint density at radius 1 is 1.17 bits per heavy atom. The van der Waals surface area contributed by atoms with Crippen LogP contribution in [0.2, 0.25) is 0 Å². The van der Waals surface area contributed by atoms with Crippen LogP contribution >= 0.6 is 0 Å². The van der Waals surface area contributed by atoms with Crippen molar-refractivity contribution < 1.29 is 19.0 Å². The zero-order valence-electron chi connectivity index (χ0n) is 13.2. The highest BCUT2D eigenvalue weighted by Crippen LogP contribution is 2.43. The van der Waals surface area contributed by atoms with Crippen LogP contribution < -0.4 is 19.5 Å². The first-order valence-electron chi connectivity index (χ1n) is 7.55. The van der Waals surface area contributed by atoms with Crippen molar-refractivity contribution in [1.82, 2.24) is 5.32 Å². The van der Waals surface area contributed by atoms with Gasteiger partial charge in [-0.15, -0.1) is 0 Å². The second kappa shape index (κ2) is 6.60. The Morgan fingerprint density at radius 2 is 1.91 bits per heavy atom. The van der Waals surface area contributed by atoms with Gasteiger partial charge in [0.25, 0.3) is 0 Å². The fourth-order valence-corrected chi connectivity index (χ4v) is 2.56. The van der Waals surface area contributed by atoms with Crippen molar-refractivity contribution >= 4 is 5.91 Å². The fourth-order valence-electron chi connectivity index (χ4n) is 2.56. The molecule has 2 aromatic rings. The molecule has 3 rings (SSSR count). The van der Waals surface area contributed by atoms with Crippen LogP contribution in [-0.4, -0.2) is 19.8 Å². The molecule has 1 aliphatic rings. The van der Waals surface area contributed by atoms with Gasteiger partial charge in [-0.2, -0.15) is 0 Å². The average molecular weight is 313 g/mol. The Morgan fingerprint density at radius 3 is 2.65 bits per heavy atom. The molecule has 5 heteroatoms. The number of amides is 1. The molecule has 0 spiro atoms. The van der Waals surface area contributed by atoms with Crippen LogP contribution in [0, 0.1) is 0 Å². The maximum atomic E-state index is 11.5. The van der Waals surface area contributed by atoms with Crippen LogP contribution in [0.25, 0.3) is 11.1 Å². The van der Waals surface area contributed by atoms with Gasteiger partial charge < -0.3 is 19.5 Å². The highest BCUT2D eigenvalue weighted by atomic mass is 16.7. The molecule has 23 heavy (non-hydrogen) atoms. The van der Waals surface area contributed by atoms with E-state index in [0.29, 0.717) is 30.2 Å². The molecular weight excluding hydrogens is 294 g/mol. The Bertz CT molecular complexity index is 727. The van der Waals surface area contributed by atoms with E-state index in [4.69, 9.17) is 14.2 Å². The highest BCUT2D eigenvalue weighted by Gasteiger charge is 2.20. The van der Waals surface area contributed by atoms with Crippen LogP contribution in [0.1, 0.15) is 18.9 Å². The molecule has 0 saturated heterocycles. The van der Waals surface area contributed by atoms with E-state index in [-0.39, 0.29) is 12.7 Å². The molecule has 1 N–H and O–H groups in total. The van der Waals surface area contributed by atoms with Crippen LogP contribution in [-0.2, 0) is 11.3 Å². The number of fused-ring (bicyclic) bond motifs is 1. The van der Waals surface area contributed by atoms with E-state index >= 15 is 0 Å². The van der Waals surface area contributed by atoms with Crippen molar-refractivity contribution in [3.63, 3.8) is 0 Å². The number of nitrogens with one attached hydrogen (secondary N) is 1. The second-order valence-corrected chi connectivity index (χ2v) is 5.19. The summed E-state index contributed by atoms with van der Waals surface area (Å²) in [6, 6.07) is 11.7. The van der Waals surface area contributed by atoms with Crippen LogP contribution in [0.15, 0.2) is 36.4 Å². The smallest absolute Gasteiger partial charge is 0.231 e. The molecule has 0 fully saturated rings. The molecule has 120 valence electrons. The Balaban J connectivity index is 2.00. The summed E-state index contributed by atoms with van der Waals surface area (Å²) < 4.78 is 16.4. The third-order valence-corrected chi connectivity index (χ3v) is 3.80. The zero-order valence-corrected chi connectivity index (χ0v) is 13.2. The lowest BCUT2D eigenvalue weighted by molar-refractivity contribution is -0.120. The van der Waals surface area contributed by atoms with Gasteiger partial charge in [0, 0.05) is 24.6 Å². The third kappa shape index (κ3) is 3.08. The van der Waals surface area contributed by atoms with Crippen molar-refractivity contribution in [2.24, 2.45) is 0 Å². The molecule has 1 heterocycles. The predicted molar refractivity (Wildman–Crippen MR) is 86.7 cm³/mol. The Labute approximate surface area is 135 Å². The lowest BCUT2D eigenvalue weighted by Crippen LogP contribution is -2.21. The standard InChI is InChI=1S/C18H19NO4/c1-3-18(20)19-10-12-6-4-5-7-13(12)14-8-16-17(23-11-22-16)9-15(14)21-2/h4-9H,3,10-11H2,1-2H3,(H,19,20). The summed E-state index contributed by atoms with van der Waals surface area (Å²) in [5.74, 6) is 2.12. The minimum absolute atomic E-state index is 0.0254. The molecule has 0 atom stereocenters. The second-order valence-electron chi connectivity index (χ2n) is 5.19. The number of hydrogen-bond acceptors (Lipinski definition) is 4. The van der Waals surface area contributed by atoms with Gasteiger partial charge in [-0.3, -0.25) is 4.79 Å². The first-order valence-corrected chi connectivity index (χ1v) is 7.55. The quantitative estimate of drug-likeness (QED) is 0.921. The molecule has 2 aromatic carbocycles. The molecule has 0 unspecified atom stereocenters. The van der Waals surface area contributed by atoms with Gasteiger partial charge in [0.15, 0.2) is 11.5 Å². The fraction of sp³-hybridized carbons (Fsp3) is 0.278. The Kier molecular flexibility index (Phi) is 4.37. The van der Waals surface area contributed by atoms with E-state index in [1.807, 2.05) is 43.3 Å². The van der Waals surface area contributed by atoms with Crippen molar-refractivity contribution in [3.8, 4) is 28.4 Å². The maximum absolute atomic E-state index is 11.5. The molecule has 0 aromatic heterocycles. The average Bonchev–Trinajstić information content (AvgIpc) is 3.06. The minimum Gasteiger partial charge on any atom is -0.496 e. The zero-order chi connectivity index (χ0) is 16.2. The van der Waals surface area contributed by atoms with E-state index in [1.165, 1.54) is 0 Å². The van der Waals surface area contributed by atoms with Gasteiger partial charge in [0.05, 0.1) is 7.11 Å². The van der Waals surface area contributed by atoms with Gasteiger partial charge in [0.2, 0.25) is 12.7 Å². The van der Waals surface area contributed by atoms with E-state index in [2.05, 4.69) is 5.32 Å². The summed E-state index contributed by atoms with van der Waals surface area (Å²) in [5, 5.41) is 2.91. The summed E-state index contributed by atoms with van der Waals surface area (Å²) in [6.07, 6.45) is 0.468. The molecule has 0 radical (unpaired) electrons. The number of methoxy groups -OCH3 is 1. The van der Waals surface area contributed by atoms with Crippen molar-refractivity contribution in [1.29, 1.82) is 0 Å².